The first-order valence-corrected chi connectivity index (χ1v) is 7.68. The first-order chi connectivity index (χ1) is 9.10. The zero-order valence-electron chi connectivity index (χ0n) is 11.2. The van der Waals surface area contributed by atoms with Gasteiger partial charge in [0.1, 0.15) is 0 Å². The van der Waals surface area contributed by atoms with Crippen LogP contribution in [-0.4, -0.2) is 17.1 Å². The number of hydrogen-bond acceptors (Lipinski definition) is 2. The van der Waals surface area contributed by atoms with Gasteiger partial charge in [0.2, 0.25) is 0 Å². The van der Waals surface area contributed by atoms with E-state index in [1.807, 2.05) is 6.07 Å². The second-order valence-electron chi connectivity index (χ2n) is 5.28. The van der Waals surface area contributed by atoms with Crippen molar-refractivity contribution in [2.45, 2.75) is 45.1 Å². The molecule has 1 aliphatic rings. The summed E-state index contributed by atoms with van der Waals surface area (Å²) in [5.74, 6) is -0.0701. The van der Waals surface area contributed by atoms with E-state index < -0.39 is 5.97 Å². The summed E-state index contributed by atoms with van der Waals surface area (Å²) in [5, 5.41) is 12.5. The molecule has 1 aromatic carbocycles. The average molecular weight is 326 g/mol. The molecular formula is C15H20BrNO2. The number of aromatic carboxylic acids is 1. The molecule has 4 heteroatoms. The number of carboxylic acid groups (broad SMARTS) is 1. The van der Waals surface area contributed by atoms with Crippen LogP contribution in [0.5, 0.6) is 0 Å². The zero-order chi connectivity index (χ0) is 13.8. The molecular weight excluding hydrogens is 306 g/mol. The molecule has 2 N–H and O–H groups in total. The number of hydrogen-bond donors (Lipinski definition) is 2. The summed E-state index contributed by atoms with van der Waals surface area (Å²) in [6.07, 6.45) is 6.28. The Kier molecular flexibility index (Phi) is 4.86. The minimum Gasteiger partial charge on any atom is -0.478 e. The van der Waals surface area contributed by atoms with Crippen molar-refractivity contribution in [2.24, 2.45) is 5.92 Å². The first kappa shape index (κ1) is 14.4. The van der Waals surface area contributed by atoms with Crippen LogP contribution in [0.4, 0.5) is 5.69 Å². The maximum atomic E-state index is 10.9. The summed E-state index contributed by atoms with van der Waals surface area (Å²) in [5.41, 5.74) is 1.30. The van der Waals surface area contributed by atoms with Gasteiger partial charge in [0.05, 0.1) is 5.56 Å². The van der Waals surface area contributed by atoms with Gasteiger partial charge in [0, 0.05) is 16.2 Å². The van der Waals surface area contributed by atoms with E-state index in [9.17, 15) is 4.79 Å². The van der Waals surface area contributed by atoms with Gasteiger partial charge in [-0.05, 0) is 52.9 Å². The minimum absolute atomic E-state index is 0.313. The number of carboxylic acids is 1. The Labute approximate surface area is 122 Å². The molecule has 2 rings (SSSR count). The normalized spacial score (nSPS) is 23.1. The quantitative estimate of drug-likeness (QED) is 0.855. The van der Waals surface area contributed by atoms with Crippen LogP contribution in [0, 0.1) is 5.92 Å². The second kappa shape index (κ2) is 6.42. The van der Waals surface area contributed by atoms with Gasteiger partial charge in [0.15, 0.2) is 0 Å². The Bertz CT molecular complexity index is 461. The molecule has 0 heterocycles. The Hall–Kier alpha value is -1.03. The zero-order valence-corrected chi connectivity index (χ0v) is 12.7. The fourth-order valence-corrected chi connectivity index (χ4v) is 3.27. The molecule has 0 saturated heterocycles. The van der Waals surface area contributed by atoms with E-state index in [4.69, 9.17) is 5.11 Å². The number of carbonyl (C=O) groups is 1. The number of halogens is 1. The molecule has 3 nitrogen and oxygen atoms in total. The lowest BCUT2D eigenvalue weighted by Crippen LogP contribution is -2.27. The third-order valence-corrected chi connectivity index (χ3v) is 4.59. The molecule has 0 bridgehead atoms. The highest BCUT2D eigenvalue weighted by Crippen LogP contribution is 2.31. The molecule has 1 aromatic rings. The summed E-state index contributed by atoms with van der Waals surface area (Å²) < 4.78 is 0.825. The maximum absolute atomic E-state index is 10.9. The minimum atomic E-state index is -0.893. The largest absolute Gasteiger partial charge is 0.478 e. The standard InChI is InChI=1S/C15H20BrNO2/c1-2-10-4-3-5-12(8-10)17-14-7-6-11(15(18)19)9-13(14)16/h6-7,9-10,12,17H,2-5,8H2,1H3,(H,18,19). The molecule has 1 saturated carbocycles. The summed E-state index contributed by atoms with van der Waals surface area (Å²) in [7, 11) is 0. The van der Waals surface area contributed by atoms with Crippen molar-refractivity contribution < 1.29 is 9.90 Å². The highest BCUT2D eigenvalue weighted by Gasteiger charge is 2.21. The molecule has 2 unspecified atom stereocenters. The van der Waals surface area contributed by atoms with Crippen LogP contribution >= 0.6 is 15.9 Å². The second-order valence-corrected chi connectivity index (χ2v) is 6.14. The van der Waals surface area contributed by atoms with Crippen LogP contribution < -0.4 is 5.32 Å². The molecule has 1 aliphatic carbocycles. The van der Waals surface area contributed by atoms with Crippen LogP contribution in [0.2, 0.25) is 0 Å². The molecule has 0 amide bonds. The van der Waals surface area contributed by atoms with E-state index >= 15 is 0 Å². The fourth-order valence-electron chi connectivity index (χ4n) is 2.78. The van der Waals surface area contributed by atoms with E-state index in [0.717, 1.165) is 16.1 Å². The van der Waals surface area contributed by atoms with Gasteiger partial charge in [-0.25, -0.2) is 4.79 Å². The summed E-state index contributed by atoms with van der Waals surface area (Å²) in [4.78, 5) is 10.9. The molecule has 1 fully saturated rings. The number of anilines is 1. The molecule has 2 atom stereocenters. The van der Waals surface area contributed by atoms with Crippen molar-refractivity contribution in [1.82, 2.24) is 0 Å². The SMILES string of the molecule is CCC1CCCC(Nc2ccc(C(=O)O)cc2Br)C1. The smallest absolute Gasteiger partial charge is 0.335 e. The first-order valence-electron chi connectivity index (χ1n) is 6.89. The highest BCUT2D eigenvalue weighted by atomic mass is 79.9. The predicted octanol–water partition coefficient (Wildman–Crippen LogP) is 4.53. The van der Waals surface area contributed by atoms with Crippen LogP contribution in [0.25, 0.3) is 0 Å². The number of rotatable bonds is 4. The Morgan fingerprint density at radius 2 is 2.26 bits per heavy atom. The number of nitrogens with one attached hydrogen (secondary N) is 1. The molecule has 0 aromatic heterocycles. The third kappa shape index (κ3) is 3.72. The van der Waals surface area contributed by atoms with E-state index in [1.54, 1.807) is 12.1 Å². The lowest BCUT2D eigenvalue weighted by molar-refractivity contribution is 0.0697. The Morgan fingerprint density at radius 1 is 1.47 bits per heavy atom. The lowest BCUT2D eigenvalue weighted by Gasteiger charge is -2.30. The van der Waals surface area contributed by atoms with Crippen molar-refractivity contribution >= 4 is 27.6 Å². The number of benzene rings is 1. The molecule has 0 spiro atoms. The molecule has 0 radical (unpaired) electrons. The van der Waals surface area contributed by atoms with Crippen LogP contribution in [0.1, 0.15) is 49.4 Å². The van der Waals surface area contributed by atoms with Crippen molar-refractivity contribution in [3.8, 4) is 0 Å². The maximum Gasteiger partial charge on any atom is 0.335 e. The fraction of sp³-hybridized carbons (Fsp3) is 0.533. The molecule has 0 aliphatic heterocycles. The van der Waals surface area contributed by atoms with Gasteiger partial charge < -0.3 is 10.4 Å². The average Bonchev–Trinajstić information content (AvgIpc) is 2.41. The van der Waals surface area contributed by atoms with Gasteiger partial charge in [-0.15, -0.1) is 0 Å². The van der Waals surface area contributed by atoms with Crippen molar-refractivity contribution in [3.63, 3.8) is 0 Å². The van der Waals surface area contributed by atoms with Crippen molar-refractivity contribution in [3.05, 3.63) is 28.2 Å². The molecule has 19 heavy (non-hydrogen) atoms. The van der Waals surface area contributed by atoms with E-state index in [1.165, 1.54) is 32.1 Å². The van der Waals surface area contributed by atoms with Gasteiger partial charge in [-0.3, -0.25) is 0 Å². The van der Waals surface area contributed by atoms with E-state index in [0.29, 0.717) is 11.6 Å². The third-order valence-electron chi connectivity index (χ3n) is 3.94. The summed E-state index contributed by atoms with van der Waals surface area (Å²) >= 11 is 3.45. The van der Waals surface area contributed by atoms with Gasteiger partial charge >= 0.3 is 5.97 Å². The van der Waals surface area contributed by atoms with E-state index in [-0.39, 0.29) is 0 Å². The Balaban J connectivity index is 2.04. The van der Waals surface area contributed by atoms with Crippen LogP contribution in [0.3, 0.4) is 0 Å². The van der Waals surface area contributed by atoms with Crippen LogP contribution in [-0.2, 0) is 0 Å². The van der Waals surface area contributed by atoms with Crippen molar-refractivity contribution in [2.75, 3.05) is 5.32 Å². The van der Waals surface area contributed by atoms with Gasteiger partial charge in [0.25, 0.3) is 0 Å². The Morgan fingerprint density at radius 3 is 2.89 bits per heavy atom. The topological polar surface area (TPSA) is 49.3 Å². The predicted molar refractivity (Wildman–Crippen MR) is 80.8 cm³/mol. The summed E-state index contributed by atoms with van der Waals surface area (Å²) in [6, 6.07) is 5.66. The van der Waals surface area contributed by atoms with Gasteiger partial charge in [-0.1, -0.05) is 26.2 Å². The highest BCUT2D eigenvalue weighted by molar-refractivity contribution is 9.10. The van der Waals surface area contributed by atoms with Crippen LogP contribution in [0.15, 0.2) is 22.7 Å². The monoisotopic (exact) mass is 325 g/mol. The lowest BCUT2D eigenvalue weighted by atomic mass is 9.84. The van der Waals surface area contributed by atoms with Crippen molar-refractivity contribution in [1.29, 1.82) is 0 Å². The van der Waals surface area contributed by atoms with Gasteiger partial charge in [-0.2, -0.15) is 0 Å². The summed E-state index contributed by atoms with van der Waals surface area (Å²) in [6.45, 7) is 2.25. The van der Waals surface area contributed by atoms with E-state index in [2.05, 4.69) is 28.2 Å². The molecule has 104 valence electrons.